The molecule has 0 bridgehead atoms. The molecule has 0 saturated carbocycles. The third-order valence-corrected chi connectivity index (χ3v) is 4.21. The number of likely N-dealkylation sites (tertiary alicyclic amines) is 1. The fraction of sp³-hybridized carbons (Fsp3) is 0.579. The van der Waals surface area contributed by atoms with Crippen LogP contribution in [-0.4, -0.2) is 29.7 Å². The number of hydrogen-bond donors (Lipinski definition) is 1. The van der Waals surface area contributed by atoms with E-state index in [0.29, 0.717) is 6.42 Å². The van der Waals surface area contributed by atoms with Crippen molar-refractivity contribution in [3.8, 4) is 11.8 Å². The molecule has 0 atom stereocenters. The third kappa shape index (κ3) is 5.53. The molecule has 1 aliphatic heterocycles. The molecule has 21 heavy (non-hydrogen) atoms. The molecular weight excluding hydrogens is 258 g/mol. The van der Waals surface area contributed by atoms with Crippen molar-refractivity contribution in [2.24, 2.45) is 5.92 Å². The van der Waals surface area contributed by atoms with Crippen molar-refractivity contribution >= 4 is 0 Å². The maximum Gasteiger partial charge on any atom is 0.0540 e. The average molecular weight is 285 g/mol. The number of rotatable bonds is 5. The maximum atomic E-state index is 8.77. The number of nitrogens with zero attached hydrogens (tertiary/aromatic N) is 1. The Morgan fingerprint density at radius 2 is 2.10 bits per heavy atom. The third-order valence-electron chi connectivity index (χ3n) is 4.21. The molecule has 0 aliphatic carbocycles. The van der Waals surface area contributed by atoms with E-state index >= 15 is 0 Å². The largest absolute Gasteiger partial charge is 0.395 e. The van der Waals surface area contributed by atoms with E-state index in [1.54, 1.807) is 0 Å². The van der Waals surface area contributed by atoms with Crippen molar-refractivity contribution in [2.45, 2.75) is 45.6 Å². The van der Waals surface area contributed by atoms with E-state index < -0.39 is 0 Å². The summed E-state index contributed by atoms with van der Waals surface area (Å²) in [5.41, 5.74) is 2.40. The molecule has 1 aromatic carbocycles. The first-order chi connectivity index (χ1) is 10.3. The van der Waals surface area contributed by atoms with Crippen molar-refractivity contribution in [2.75, 3.05) is 19.7 Å². The quantitative estimate of drug-likeness (QED) is 0.838. The molecule has 1 N–H and O–H groups in total. The van der Waals surface area contributed by atoms with Gasteiger partial charge < -0.3 is 5.11 Å². The predicted octanol–water partition coefficient (Wildman–Crippen LogP) is 3.43. The van der Waals surface area contributed by atoms with Crippen molar-refractivity contribution in [1.29, 1.82) is 0 Å². The van der Waals surface area contributed by atoms with Gasteiger partial charge in [0.25, 0.3) is 0 Å². The molecule has 2 rings (SSSR count). The van der Waals surface area contributed by atoms with Gasteiger partial charge in [0.15, 0.2) is 0 Å². The minimum Gasteiger partial charge on any atom is -0.395 e. The van der Waals surface area contributed by atoms with Crippen LogP contribution < -0.4 is 0 Å². The zero-order valence-electron chi connectivity index (χ0n) is 13.1. The number of hydrogen-bond acceptors (Lipinski definition) is 2. The Balaban J connectivity index is 1.86. The van der Waals surface area contributed by atoms with Crippen LogP contribution in [0.15, 0.2) is 24.3 Å². The van der Waals surface area contributed by atoms with Gasteiger partial charge in [0.05, 0.1) is 6.61 Å². The van der Waals surface area contributed by atoms with Gasteiger partial charge in [0.2, 0.25) is 0 Å². The lowest BCUT2D eigenvalue weighted by molar-refractivity contribution is 0.172. The Hall–Kier alpha value is -1.30. The highest BCUT2D eigenvalue weighted by Gasteiger charge is 2.18. The summed E-state index contributed by atoms with van der Waals surface area (Å²) >= 11 is 0. The smallest absolute Gasteiger partial charge is 0.0540 e. The Morgan fingerprint density at radius 3 is 2.81 bits per heavy atom. The van der Waals surface area contributed by atoms with Crippen LogP contribution in [-0.2, 0) is 6.54 Å². The molecule has 0 amide bonds. The summed E-state index contributed by atoms with van der Waals surface area (Å²) < 4.78 is 0. The molecule has 1 heterocycles. The first-order valence-corrected chi connectivity index (χ1v) is 8.23. The number of aliphatic hydroxyl groups is 1. The first-order valence-electron chi connectivity index (χ1n) is 8.23. The van der Waals surface area contributed by atoms with E-state index in [-0.39, 0.29) is 6.61 Å². The van der Waals surface area contributed by atoms with Crippen LogP contribution in [0.25, 0.3) is 0 Å². The zero-order valence-corrected chi connectivity index (χ0v) is 13.1. The van der Waals surface area contributed by atoms with Gasteiger partial charge in [-0.05, 0) is 49.5 Å². The maximum absolute atomic E-state index is 8.77. The Bertz CT molecular complexity index is 478. The van der Waals surface area contributed by atoms with Crippen molar-refractivity contribution < 1.29 is 5.11 Å². The second-order valence-electron chi connectivity index (χ2n) is 5.98. The van der Waals surface area contributed by atoms with Gasteiger partial charge in [-0.3, -0.25) is 4.90 Å². The average Bonchev–Trinajstić information content (AvgIpc) is 2.50. The molecule has 1 fully saturated rings. The second-order valence-corrected chi connectivity index (χ2v) is 5.98. The number of benzene rings is 1. The molecular formula is C19H27NO. The molecule has 0 aromatic heterocycles. The SMILES string of the molecule is CCCC1CCN(Cc2cccc(C#CCCO)c2)CC1. The highest BCUT2D eigenvalue weighted by molar-refractivity contribution is 5.37. The molecule has 1 aromatic rings. The highest BCUT2D eigenvalue weighted by atomic mass is 16.2. The van der Waals surface area contributed by atoms with Crippen molar-refractivity contribution in [3.05, 3.63) is 35.4 Å². The minimum absolute atomic E-state index is 0.138. The van der Waals surface area contributed by atoms with Crippen LogP contribution >= 0.6 is 0 Å². The summed E-state index contributed by atoms with van der Waals surface area (Å²) in [5, 5.41) is 8.77. The summed E-state index contributed by atoms with van der Waals surface area (Å²) in [7, 11) is 0. The molecule has 114 valence electrons. The lowest BCUT2D eigenvalue weighted by Gasteiger charge is -2.31. The summed E-state index contributed by atoms with van der Waals surface area (Å²) in [5.74, 6) is 7.05. The van der Waals surface area contributed by atoms with E-state index in [4.69, 9.17) is 5.11 Å². The van der Waals surface area contributed by atoms with E-state index in [1.807, 2.05) is 6.07 Å². The van der Waals surface area contributed by atoms with Crippen LogP contribution in [0.3, 0.4) is 0 Å². The predicted molar refractivity (Wildman–Crippen MR) is 87.9 cm³/mol. The monoisotopic (exact) mass is 285 g/mol. The van der Waals surface area contributed by atoms with Gasteiger partial charge >= 0.3 is 0 Å². The molecule has 2 heteroatoms. The van der Waals surface area contributed by atoms with Gasteiger partial charge in [-0.15, -0.1) is 0 Å². The Labute approximate surface area is 129 Å². The normalized spacial score (nSPS) is 16.5. The first kappa shape index (κ1) is 16.1. The van der Waals surface area contributed by atoms with Crippen LogP contribution in [0.1, 0.15) is 50.2 Å². The fourth-order valence-corrected chi connectivity index (χ4v) is 3.07. The highest BCUT2D eigenvalue weighted by Crippen LogP contribution is 2.22. The summed E-state index contributed by atoms with van der Waals surface area (Å²) in [6.45, 7) is 5.92. The van der Waals surface area contributed by atoms with Crippen LogP contribution in [0.4, 0.5) is 0 Å². The summed E-state index contributed by atoms with van der Waals surface area (Å²) in [6, 6.07) is 8.50. The van der Waals surface area contributed by atoms with E-state index in [1.165, 1.54) is 44.3 Å². The van der Waals surface area contributed by atoms with Gasteiger partial charge in [-0.2, -0.15) is 0 Å². The molecule has 0 unspecified atom stereocenters. The number of aliphatic hydroxyl groups excluding tert-OH is 1. The summed E-state index contributed by atoms with van der Waals surface area (Å²) in [6.07, 6.45) is 5.96. The number of piperidine rings is 1. The topological polar surface area (TPSA) is 23.5 Å². The lowest BCUT2D eigenvalue weighted by atomic mass is 9.92. The van der Waals surface area contributed by atoms with Gasteiger partial charge in [-0.25, -0.2) is 0 Å². The van der Waals surface area contributed by atoms with Crippen LogP contribution in [0.2, 0.25) is 0 Å². The molecule has 0 spiro atoms. The van der Waals surface area contributed by atoms with Crippen molar-refractivity contribution in [1.82, 2.24) is 4.90 Å². The second kappa shape index (κ2) is 8.87. The van der Waals surface area contributed by atoms with Gasteiger partial charge in [-0.1, -0.05) is 43.7 Å². The molecule has 2 nitrogen and oxygen atoms in total. The fourth-order valence-electron chi connectivity index (χ4n) is 3.07. The van der Waals surface area contributed by atoms with Crippen LogP contribution in [0.5, 0.6) is 0 Å². The molecule has 0 radical (unpaired) electrons. The zero-order chi connectivity index (χ0) is 14.9. The summed E-state index contributed by atoms with van der Waals surface area (Å²) in [4.78, 5) is 2.56. The Morgan fingerprint density at radius 1 is 1.29 bits per heavy atom. The van der Waals surface area contributed by atoms with Crippen LogP contribution in [0, 0.1) is 17.8 Å². The van der Waals surface area contributed by atoms with E-state index in [9.17, 15) is 0 Å². The van der Waals surface area contributed by atoms with Gasteiger partial charge in [0, 0.05) is 18.5 Å². The minimum atomic E-state index is 0.138. The van der Waals surface area contributed by atoms with Gasteiger partial charge in [0.1, 0.15) is 0 Å². The lowest BCUT2D eigenvalue weighted by Crippen LogP contribution is -2.33. The van der Waals surface area contributed by atoms with E-state index in [2.05, 4.69) is 41.9 Å². The van der Waals surface area contributed by atoms with Crippen molar-refractivity contribution in [3.63, 3.8) is 0 Å². The Kier molecular flexibility index (Phi) is 6.79. The molecule has 1 saturated heterocycles. The van der Waals surface area contributed by atoms with E-state index in [0.717, 1.165) is 18.0 Å². The standard InChI is InChI=1S/C19H27NO/c1-2-6-17-10-12-20(13-11-17)16-19-9-5-8-18(15-19)7-3-4-14-21/h5,8-9,15,17,21H,2,4,6,10-14,16H2,1H3. The molecule has 1 aliphatic rings.